The van der Waals surface area contributed by atoms with Crippen LogP contribution in [0.5, 0.6) is 5.75 Å². The van der Waals surface area contributed by atoms with Crippen LogP contribution in [-0.2, 0) is 0 Å². The van der Waals surface area contributed by atoms with E-state index in [1.165, 1.54) is 12.1 Å². The largest absolute Gasteiger partial charge is 0.435 e. The van der Waals surface area contributed by atoms with Crippen molar-refractivity contribution in [2.45, 2.75) is 44.9 Å². The van der Waals surface area contributed by atoms with E-state index in [1.54, 1.807) is 12.1 Å². The lowest BCUT2D eigenvalue weighted by atomic mass is 9.98. The topological polar surface area (TPSA) is 55.5 Å². The van der Waals surface area contributed by atoms with Gasteiger partial charge in [0, 0.05) is 0 Å². The van der Waals surface area contributed by atoms with Crippen LogP contribution in [0, 0.1) is 0 Å². The van der Waals surface area contributed by atoms with Gasteiger partial charge in [-0.25, -0.2) is 0 Å². The number of benzene rings is 1. The van der Waals surface area contributed by atoms with Gasteiger partial charge in [-0.15, -0.1) is 12.4 Å². The molecule has 0 amide bonds. The molecule has 3 N–H and O–H groups in total. The van der Waals surface area contributed by atoms with Gasteiger partial charge in [0.15, 0.2) is 0 Å². The number of hydrogen-bond acceptors (Lipinski definition) is 3. The molecule has 1 rings (SSSR count). The third kappa shape index (κ3) is 6.18. The minimum Gasteiger partial charge on any atom is -0.435 e. The monoisotopic (exact) mass is 295 g/mol. The lowest BCUT2D eigenvalue weighted by Crippen LogP contribution is -2.26. The molecule has 0 spiro atoms. The Kier molecular flexibility index (Phi) is 8.63. The maximum Gasteiger partial charge on any atom is 0.387 e. The highest BCUT2D eigenvalue weighted by atomic mass is 35.5. The predicted molar refractivity (Wildman–Crippen MR) is 72.8 cm³/mol. The Bertz CT molecular complexity index is 349. The van der Waals surface area contributed by atoms with E-state index in [4.69, 9.17) is 5.73 Å². The summed E-state index contributed by atoms with van der Waals surface area (Å²) in [4.78, 5) is 0. The van der Waals surface area contributed by atoms with Gasteiger partial charge in [-0.3, -0.25) is 0 Å². The van der Waals surface area contributed by atoms with Crippen LogP contribution in [0.25, 0.3) is 0 Å². The van der Waals surface area contributed by atoms with E-state index in [1.807, 2.05) is 6.92 Å². The summed E-state index contributed by atoms with van der Waals surface area (Å²) in [6, 6.07) is 5.54. The van der Waals surface area contributed by atoms with E-state index in [9.17, 15) is 13.9 Å². The molecular formula is C13H20ClF2NO2. The highest BCUT2D eigenvalue weighted by Crippen LogP contribution is 2.21. The number of nitrogens with two attached hydrogens (primary N) is 1. The number of alkyl halides is 2. The van der Waals surface area contributed by atoms with Crippen molar-refractivity contribution in [3.63, 3.8) is 0 Å². The fraction of sp³-hybridized carbons (Fsp3) is 0.538. The molecule has 110 valence electrons. The molecular weight excluding hydrogens is 276 g/mol. The summed E-state index contributed by atoms with van der Waals surface area (Å²) in [5.74, 6) is 0.0870. The van der Waals surface area contributed by atoms with Gasteiger partial charge in [-0.05, 0) is 24.1 Å². The molecule has 0 unspecified atom stereocenters. The SMILES string of the molecule is CCCC[C@@H](O)[C@@H](N)c1ccc(OC(F)F)cc1.Cl. The molecule has 3 nitrogen and oxygen atoms in total. The minimum absolute atomic E-state index is 0. The summed E-state index contributed by atoms with van der Waals surface area (Å²) in [5, 5.41) is 9.84. The second-order valence-corrected chi connectivity index (χ2v) is 4.18. The molecule has 0 aromatic heterocycles. The second kappa shape index (κ2) is 9.07. The number of aliphatic hydroxyl groups is 1. The molecule has 1 aromatic rings. The van der Waals surface area contributed by atoms with Gasteiger partial charge >= 0.3 is 6.61 Å². The van der Waals surface area contributed by atoms with Gasteiger partial charge in [0.1, 0.15) is 5.75 Å². The summed E-state index contributed by atoms with van der Waals surface area (Å²) < 4.78 is 28.2. The van der Waals surface area contributed by atoms with Gasteiger partial charge < -0.3 is 15.6 Å². The number of unbranched alkanes of at least 4 members (excludes halogenated alkanes) is 1. The quantitative estimate of drug-likeness (QED) is 0.812. The lowest BCUT2D eigenvalue weighted by molar-refractivity contribution is -0.0498. The molecule has 6 heteroatoms. The molecule has 0 radical (unpaired) electrons. The average molecular weight is 296 g/mol. The van der Waals surface area contributed by atoms with Crippen LogP contribution >= 0.6 is 12.4 Å². The van der Waals surface area contributed by atoms with Gasteiger partial charge in [0.2, 0.25) is 0 Å². The third-order valence-corrected chi connectivity index (χ3v) is 2.76. The molecule has 0 fully saturated rings. The van der Waals surface area contributed by atoms with E-state index in [0.29, 0.717) is 12.0 Å². The Labute approximate surface area is 118 Å². The first kappa shape index (κ1) is 18.1. The molecule has 0 heterocycles. The van der Waals surface area contributed by atoms with Crippen molar-refractivity contribution in [2.75, 3.05) is 0 Å². The van der Waals surface area contributed by atoms with Gasteiger partial charge in [0.05, 0.1) is 12.1 Å². The van der Waals surface area contributed by atoms with Crippen molar-refractivity contribution in [3.8, 4) is 5.75 Å². The zero-order valence-corrected chi connectivity index (χ0v) is 11.6. The van der Waals surface area contributed by atoms with Crippen LogP contribution in [0.4, 0.5) is 8.78 Å². The number of ether oxygens (including phenoxy) is 1. The van der Waals surface area contributed by atoms with Crippen LogP contribution < -0.4 is 10.5 Å². The van der Waals surface area contributed by atoms with Gasteiger partial charge in [-0.2, -0.15) is 8.78 Å². The summed E-state index contributed by atoms with van der Waals surface area (Å²) in [6.45, 7) is -0.797. The van der Waals surface area contributed by atoms with Crippen LogP contribution in [0.2, 0.25) is 0 Å². The second-order valence-electron chi connectivity index (χ2n) is 4.18. The summed E-state index contributed by atoms with van der Waals surface area (Å²) in [6.07, 6.45) is 1.91. The van der Waals surface area contributed by atoms with E-state index in [0.717, 1.165) is 12.8 Å². The molecule has 0 saturated carbocycles. The van der Waals surface area contributed by atoms with Crippen molar-refractivity contribution in [2.24, 2.45) is 5.73 Å². The first-order chi connectivity index (χ1) is 8.54. The number of aliphatic hydroxyl groups excluding tert-OH is 1. The zero-order chi connectivity index (χ0) is 13.5. The van der Waals surface area contributed by atoms with Gasteiger partial charge in [0.25, 0.3) is 0 Å². The Morgan fingerprint density at radius 3 is 2.32 bits per heavy atom. The van der Waals surface area contributed by atoms with Gasteiger partial charge in [-0.1, -0.05) is 31.9 Å². The first-order valence-corrected chi connectivity index (χ1v) is 6.03. The van der Waals surface area contributed by atoms with E-state index in [2.05, 4.69) is 4.74 Å². The average Bonchev–Trinajstić information content (AvgIpc) is 2.35. The van der Waals surface area contributed by atoms with Crippen LogP contribution in [0.15, 0.2) is 24.3 Å². The van der Waals surface area contributed by atoms with Crippen molar-refractivity contribution < 1.29 is 18.6 Å². The number of hydrogen-bond donors (Lipinski definition) is 2. The Morgan fingerprint density at radius 2 is 1.84 bits per heavy atom. The summed E-state index contributed by atoms with van der Waals surface area (Å²) in [5.41, 5.74) is 6.60. The fourth-order valence-corrected chi connectivity index (χ4v) is 1.69. The molecule has 19 heavy (non-hydrogen) atoms. The van der Waals surface area contributed by atoms with Crippen LogP contribution in [0.3, 0.4) is 0 Å². The van der Waals surface area contributed by atoms with Crippen molar-refractivity contribution >= 4 is 12.4 Å². The number of rotatable bonds is 7. The predicted octanol–water partition coefficient (Wildman–Crippen LogP) is 3.26. The normalized spacial score (nSPS) is 13.8. The van der Waals surface area contributed by atoms with E-state index < -0.39 is 18.8 Å². The summed E-state index contributed by atoms with van der Waals surface area (Å²) in [7, 11) is 0. The van der Waals surface area contributed by atoms with Crippen LogP contribution in [-0.4, -0.2) is 17.8 Å². The fourth-order valence-electron chi connectivity index (χ4n) is 1.69. The molecule has 0 bridgehead atoms. The molecule has 2 atom stereocenters. The number of halogens is 3. The maximum atomic E-state index is 12.0. The molecule has 0 saturated heterocycles. The lowest BCUT2D eigenvalue weighted by Gasteiger charge is -2.19. The van der Waals surface area contributed by atoms with E-state index >= 15 is 0 Å². The first-order valence-electron chi connectivity index (χ1n) is 6.03. The molecule has 1 aromatic carbocycles. The Morgan fingerprint density at radius 1 is 1.26 bits per heavy atom. The van der Waals surface area contributed by atoms with Crippen LogP contribution in [0.1, 0.15) is 37.8 Å². The minimum atomic E-state index is -2.83. The highest BCUT2D eigenvalue weighted by molar-refractivity contribution is 5.85. The van der Waals surface area contributed by atoms with Crippen molar-refractivity contribution in [3.05, 3.63) is 29.8 Å². The molecule has 0 aliphatic heterocycles. The maximum absolute atomic E-state index is 12.0. The smallest absolute Gasteiger partial charge is 0.387 e. The van der Waals surface area contributed by atoms with Crippen molar-refractivity contribution in [1.29, 1.82) is 0 Å². The van der Waals surface area contributed by atoms with Crippen molar-refractivity contribution in [1.82, 2.24) is 0 Å². The highest BCUT2D eigenvalue weighted by Gasteiger charge is 2.16. The van der Waals surface area contributed by atoms with E-state index in [-0.39, 0.29) is 18.2 Å². The summed E-state index contributed by atoms with van der Waals surface area (Å²) >= 11 is 0. The Balaban J connectivity index is 0.00000324. The third-order valence-electron chi connectivity index (χ3n) is 2.76. The zero-order valence-electron chi connectivity index (χ0n) is 10.8. The Hall–Kier alpha value is -0.910. The standard InChI is InChI=1S/C13H19F2NO2.ClH/c1-2-3-4-11(17)12(16)9-5-7-10(8-6-9)18-13(14)15;/h5-8,11-13,17H,2-4,16H2,1H3;1H/t11-,12+;/m1./s1. The molecule has 0 aliphatic carbocycles. The molecule has 0 aliphatic rings.